The summed E-state index contributed by atoms with van der Waals surface area (Å²) < 4.78 is 41.9. The van der Waals surface area contributed by atoms with E-state index in [4.69, 9.17) is 12.2 Å². The normalized spacial score (nSPS) is 19.6. The van der Waals surface area contributed by atoms with Crippen molar-refractivity contribution >= 4 is 39.5 Å². The average Bonchev–Trinajstić information content (AvgIpc) is 2.73. The molecule has 0 spiro atoms. The third kappa shape index (κ3) is 2.75. The summed E-state index contributed by atoms with van der Waals surface area (Å²) in [6.07, 6.45) is 0.958. The number of nitrogens with one attached hydrogen (secondary N) is 2. The lowest BCUT2D eigenvalue weighted by molar-refractivity contribution is 0.605. The molecule has 2 rings (SSSR count). The zero-order valence-corrected chi connectivity index (χ0v) is 15.9. The summed E-state index contributed by atoms with van der Waals surface area (Å²) in [4.78, 5) is 4.68. The lowest BCUT2D eigenvalue weighted by Crippen LogP contribution is -2.61. The van der Waals surface area contributed by atoms with E-state index in [1.807, 2.05) is 6.07 Å². The van der Waals surface area contributed by atoms with Crippen molar-refractivity contribution in [3.63, 3.8) is 0 Å². The Hall–Kier alpha value is -1.16. The Morgan fingerprint density at radius 2 is 1.87 bits per heavy atom. The maximum atomic E-state index is 14.0. The third-order valence-electron chi connectivity index (χ3n) is 3.87. The quantitative estimate of drug-likeness (QED) is 0.609. The number of amidine groups is 1. The molecule has 0 saturated heterocycles. The number of aliphatic imine (C=N–C) groups is 1. The van der Waals surface area contributed by atoms with Gasteiger partial charge in [0, 0.05) is 0 Å². The van der Waals surface area contributed by atoms with E-state index >= 15 is 0 Å². The predicted octanol–water partition coefficient (Wildman–Crippen LogP) is 1.17. The first-order chi connectivity index (χ1) is 10.4. The number of nitrogens with zero attached hydrogens (tertiary/aromatic N) is 1. The number of hydrogen-bond donors (Lipinski definition) is 2. The summed E-state index contributed by atoms with van der Waals surface area (Å²) in [5, 5.41) is 2.67. The standard InChI is InChI=1S/C14H21N3O3S3/c1-14(2)12(21)16-13(17-14)23(20,15-3,22(4,18)19)10-11-8-6-5-7-9-11/h5-9H,10H2,1-4H3,(H,15,20)(H,16,17,21). The summed E-state index contributed by atoms with van der Waals surface area (Å²) in [7, 11) is -7.25. The molecule has 1 aliphatic rings. The molecule has 0 aromatic heterocycles. The van der Waals surface area contributed by atoms with Gasteiger partial charge in [-0.3, -0.25) is 0 Å². The number of thiocarbonyl (C=S) groups is 1. The average molecular weight is 376 g/mol. The summed E-state index contributed by atoms with van der Waals surface area (Å²) >= 11 is 5.22. The van der Waals surface area contributed by atoms with Gasteiger partial charge < -0.3 is 5.32 Å². The van der Waals surface area contributed by atoms with Gasteiger partial charge in [-0.25, -0.2) is 22.3 Å². The predicted molar refractivity (Wildman–Crippen MR) is 99.4 cm³/mol. The molecule has 1 aromatic rings. The highest BCUT2D eigenvalue weighted by Gasteiger charge is 2.54. The van der Waals surface area contributed by atoms with E-state index in [-0.39, 0.29) is 10.9 Å². The molecule has 128 valence electrons. The molecule has 1 heterocycles. The van der Waals surface area contributed by atoms with Gasteiger partial charge >= 0.3 is 0 Å². The van der Waals surface area contributed by atoms with Crippen LogP contribution in [-0.2, 0) is 22.9 Å². The van der Waals surface area contributed by atoms with E-state index in [1.54, 1.807) is 38.1 Å². The monoisotopic (exact) mass is 375 g/mol. The summed E-state index contributed by atoms with van der Waals surface area (Å²) in [5.41, 5.74) is -0.172. The van der Waals surface area contributed by atoms with Crippen molar-refractivity contribution in [3.8, 4) is 0 Å². The summed E-state index contributed by atoms with van der Waals surface area (Å²) in [5.74, 6) is -0.210. The fraction of sp³-hybridized carbons (Fsp3) is 0.429. The number of rotatable bonds is 4. The van der Waals surface area contributed by atoms with Crippen molar-refractivity contribution in [1.82, 2.24) is 10.0 Å². The second-order valence-corrected chi connectivity index (χ2v) is 14.9. The highest BCUT2D eigenvalue weighted by atomic mass is 33.2. The van der Waals surface area contributed by atoms with E-state index in [1.165, 1.54) is 7.05 Å². The van der Waals surface area contributed by atoms with Crippen LogP contribution in [0.4, 0.5) is 0 Å². The Morgan fingerprint density at radius 3 is 2.26 bits per heavy atom. The van der Waals surface area contributed by atoms with Gasteiger partial charge in [0.1, 0.15) is 18.8 Å². The van der Waals surface area contributed by atoms with Gasteiger partial charge in [-0.1, -0.05) is 42.5 Å². The first-order valence-electron chi connectivity index (χ1n) is 6.94. The van der Waals surface area contributed by atoms with Crippen molar-refractivity contribution in [3.05, 3.63) is 35.9 Å². The van der Waals surface area contributed by atoms with Crippen molar-refractivity contribution < 1.29 is 12.6 Å². The van der Waals surface area contributed by atoms with Crippen LogP contribution in [0.15, 0.2) is 35.3 Å². The van der Waals surface area contributed by atoms with E-state index in [0.29, 0.717) is 10.6 Å². The fourth-order valence-electron chi connectivity index (χ4n) is 2.29. The van der Waals surface area contributed by atoms with Crippen LogP contribution in [0.5, 0.6) is 0 Å². The molecule has 0 radical (unpaired) electrons. The Balaban J connectivity index is 2.73. The maximum Gasteiger partial charge on any atom is 0.223 e. The van der Waals surface area contributed by atoms with Crippen LogP contribution in [0.3, 0.4) is 0 Å². The Labute approximate surface area is 141 Å². The Kier molecular flexibility index (Phi) is 4.30. The first kappa shape index (κ1) is 18.2. The molecule has 0 unspecified atom stereocenters. The Morgan fingerprint density at radius 1 is 1.30 bits per heavy atom. The molecular weight excluding hydrogens is 354 g/mol. The second kappa shape index (κ2) is 5.44. The van der Waals surface area contributed by atoms with Crippen LogP contribution in [-0.4, -0.2) is 41.6 Å². The van der Waals surface area contributed by atoms with Crippen LogP contribution in [0.1, 0.15) is 19.4 Å². The summed E-state index contributed by atoms with van der Waals surface area (Å²) in [6, 6.07) is 8.81. The van der Waals surface area contributed by atoms with Crippen LogP contribution in [0.2, 0.25) is 0 Å². The van der Waals surface area contributed by atoms with Crippen LogP contribution in [0, 0.1) is 0 Å². The lowest BCUT2D eigenvalue weighted by atomic mass is 10.1. The van der Waals surface area contributed by atoms with Gasteiger partial charge in [-0.2, -0.15) is 0 Å². The summed E-state index contributed by atoms with van der Waals surface area (Å²) in [6.45, 7) is 3.49. The number of benzene rings is 1. The lowest BCUT2D eigenvalue weighted by Gasteiger charge is -2.39. The SMILES string of the molecule is CNS(=O)(Cc1ccccc1)(C1=NC(C)(C)C(=S)N1)S(C)(=O)=O. The topological polar surface area (TPSA) is 87.6 Å². The largest absolute Gasteiger partial charge is 0.325 e. The third-order valence-corrected chi connectivity index (χ3v) is 13.6. The van der Waals surface area contributed by atoms with E-state index < -0.39 is 22.7 Å². The molecular formula is C14H21N3O3S3. The van der Waals surface area contributed by atoms with E-state index in [2.05, 4.69) is 15.0 Å². The highest BCUT2D eigenvalue weighted by Crippen LogP contribution is 2.37. The molecule has 0 amide bonds. The maximum absolute atomic E-state index is 14.0. The van der Waals surface area contributed by atoms with Gasteiger partial charge in [0.25, 0.3) is 0 Å². The van der Waals surface area contributed by atoms with E-state index in [0.717, 1.165) is 6.26 Å². The zero-order chi connectivity index (χ0) is 17.5. The Bertz CT molecular complexity index is 845. The zero-order valence-electron chi connectivity index (χ0n) is 13.5. The molecule has 0 saturated carbocycles. The van der Waals surface area contributed by atoms with Crippen molar-refractivity contribution in [2.45, 2.75) is 25.1 Å². The molecule has 9 heteroatoms. The van der Waals surface area contributed by atoms with Gasteiger partial charge in [0.2, 0.25) is 8.87 Å². The van der Waals surface area contributed by atoms with Crippen molar-refractivity contribution in [1.29, 1.82) is 0 Å². The molecule has 23 heavy (non-hydrogen) atoms. The smallest absolute Gasteiger partial charge is 0.223 e. The van der Waals surface area contributed by atoms with Crippen LogP contribution < -0.4 is 10.0 Å². The molecule has 1 aliphatic heterocycles. The van der Waals surface area contributed by atoms with Gasteiger partial charge in [0.05, 0.1) is 12.0 Å². The minimum Gasteiger partial charge on any atom is -0.325 e. The number of hydrogen-bond acceptors (Lipinski definition) is 5. The van der Waals surface area contributed by atoms with Crippen LogP contribution in [0.25, 0.3) is 0 Å². The fourth-order valence-corrected chi connectivity index (χ4v) is 8.35. The minimum atomic E-state index is -4.58. The molecule has 0 atom stereocenters. The molecule has 0 aliphatic carbocycles. The van der Waals surface area contributed by atoms with Crippen LogP contribution >= 0.6 is 12.2 Å². The molecule has 1 aromatic carbocycles. The second-order valence-electron chi connectivity index (χ2n) is 6.00. The molecule has 6 nitrogen and oxygen atoms in total. The molecule has 0 fully saturated rings. The van der Waals surface area contributed by atoms with Crippen molar-refractivity contribution in [2.75, 3.05) is 13.3 Å². The molecule has 0 bridgehead atoms. The van der Waals surface area contributed by atoms with Crippen molar-refractivity contribution in [2.24, 2.45) is 4.99 Å². The minimum absolute atomic E-state index is 0.106. The first-order valence-corrected chi connectivity index (χ1v) is 11.9. The van der Waals surface area contributed by atoms with Gasteiger partial charge in [-0.15, -0.1) is 0 Å². The van der Waals surface area contributed by atoms with Gasteiger partial charge in [-0.05, 0) is 26.5 Å². The van der Waals surface area contributed by atoms with Gasteiger partial charge in [0.15, 0.2) is 5.17 Å². The highest BCUT2D eigenvalue weighted by molar-refractivity contribution is 8.85. The van der Waals surface area contributed by atoms with E-state index in [9.17, 15) is 12.6 Å². The molecule has 2 N–H and O–H groups in total.